The van der Waals surface area contributed by atoms with Gasteiger partial charge >= 0.3 is 12.1 Å². The van der Waals surface area contributed by atoms with Gasteiger partial charge in [-0.1, -0.05) is 0 Å². The summed E-state index contributed by atoms with van der Waals surface area (Å²) in [6, 6.07) is 4.16. The molecule has 1 aromatic heterocycles. The van der Waals surface area contributed by atoms with E-state index in [1.165, 1.54) is 34.1 Å². The van der Waals surface area contributed by atoms with E-state index in [1.807, 2.05) is 0 Å². The average Bonchev–Trinajstić information content (AvgIpc) is 3.27. The van der Waals surface area contributed by atoms with Crippen molar-refractivity contribution in [2.45, 2.75) is 13.0 Å². The molecule has 1 N–H and O–H groups in total. The SMILES string of the molecule is CCOC(=O)c1cnn(-c2ccc(N3C[C@H](CNC=O)OC3=O)cc2F)c1. The number of hydrogen-bond acceptors (Lipinski definition) is 6. The molecular weight excluding hydrogens is 359 g/mol. The van der Waals surface area contributed by atoms with Gasteiger partial charge in [-0.15, -0.1) is 0 Å². The third kappa shape index (κ3) is 3.89. The van der Waals surface area contributed by atoms with Crippen LogP contribution in [0.15, 0.2) is 30.6 Å². The van der Waals surface area contributed by atoms with Gasteiger partial charge in [0.05, 0.1) is 37.1 Å². The van der Waals surface area contributed by atoms with E-state index in [2.05, 4.69) is 10.4 Å². The second-order valence-electron chi connectivity index (χ2n) is 5.67. The molecule has 0 unspecified atom stereocenters. The maximum atomic E-state index is 14.6. The number of esters is 1. The van der Waals surface area contributed by atoms with Gasteiger partial charge in [-0.05, 0) is 25.1 Å². The van der Waals surface area contributed by atoms with E-state index in [4.69, 9.17) is 9.47 Å². The second-order valence-corrected chi connectivity index (χ2v) is 5.67. The van der Waals surface area contributed by atoms with Gasteiger partial charge in [-0.25, -0.2) is 18.7 Å². The van der Waals surface area contributed by atoms with E-state index >= 15 is 0 Å². The third-order valence-corrected chi connectivity index (χ3v) is 3.89. The number of hydrogen-bond donors (Lipinski definition) is 1. The fraction of sp³-hybridized carbons (Fsp3) is 0.294. The van der Waals surface area contributed by atoms with Crippen molar-refractivity contribution < 1.29 is 28.2 Å². The van der Waals surface area contributed by atoms with Crippen LogP contribution < -0.4 is 10.2 Å². The topological polar surface area (TPSA) is 103 Å². The molecule has 27 heavy (non-hydrogen) atoms. The van der Waals surface area contributed by atoms with Gasteiger partial charge in [-0.2, -0.15) is 5.10 Å². The van der Waals surface area contributed by atoms with E-state index in [-0.39, 0.29) is 30.9 Å². The summed E-state index contributed by atoms with van der Waals surface area (Å²) in [7, 11) is 0. The number of aromatic nitrogens is 2. The number of benzene rings is 1. The van der Waals surface area contributed by atoms with Gasteiger partial charge in [0.2, 0.25) is 6.41 Å². The van der Waals surface area contributed by atoms with Gasteiger partial charge < -0.3 is 14.8 Å². The Balaban J connectivity index is 1.77. The van der Waals surface area contributed by atoms with Crippen molar-refractivity contribution in [2.24, 2.45) is 0 Å². The zero-order valence-electron chi connectivity index (χ0n) is 14.4. The highest BCUT2D eigenvalue weighted by molar-refractivity contribution is 5.90. The fourth-order valence-corrected chi connectivity index (χ4v) is 2.64. The molecule has 0 spiro atoms. The standard InChI is InChI=1S/C17H17FN4O5/c1-2-26-16(24)11-6-20-22(8-11)15-4-3-12(5-14(15)18)21-9-13(7-19-10-23)27-17(21)25/h3-6,8,10,13H,2,7,9H2,1H3,(H,19,23)/t13-/m0/s1. The van der Waals surface area contributed by atoms with Crippen molar-refractivity contribution in [1.29, 1.82) is 0 Å². The Labute approximate surface area is 153 Å². The minimum Gasteiger partial charge on any atom is -0.462 e. The smallest absolute Gasteiger partial charge is 0.414 e. The number of nitrogens with zero attached hydrogens (tertiary/aromatic N) is 3. The summed E-state index contributed by atoms with van der Waals surface area (Å²) in [5.41, 5.74) is 0.627. The van der Waals surface area contributed by atoms with Gasteiger partial charge in [-0.3, -0.25) is 9.69 Å². The van der Waals surface area contributed by atoms with E-state index in [1.54, 1.807) is 13.0 Å². The highest BCUT2D eigenvalue weighted by Gasteiger charge is 2.32. The number of cyclic esters (lactones) is 1. The fourth-order valence-electron chi connectivity index (χ4n) is 2.64. The molecule has 142 valence electrons. The molecule has 1 fully saturated rings. The molecule has 0 radical (unpaired) electrons. The highest BCUT2D eigenvalue weighted by Crippen LogP contribution is 2.25. The molecule has 2 amide bonds. The lowest BCUT2D eigenvalue weighted by Gasteiger charge is -2.14. The molecule has 1 aliphatic heterocycles. The Morgan fingerprint density at radius 2 is 2.33 bits per heavy atom. The van der Waals surface area contributed by atoms with Crippen LogP contribution in [0.3, 0.4) is 0 Å². The first-order valence-electron chi connectivity index (χ1n) is 8.20. The summed E-state index contributed by atoms with van der Waals surface area (Å²) in [5, 5.41) is 6.41. The van der Waals surface area contributed by atoms with Crippen LogP contribution >= 0.6 is 0 Å². The number of ether oxygens (including phenoxy) is 2. The van der Waals surface area contributed by atoms with Gasteiger partial charge in [0.1, 0.15) is 11.8 Å². The number of amides is 2. The number of halogens is 1. The molecule has 2 aromatic rings. The molecular formula is C17H17FN4O5. The number of anilines is 1. The third-order valence-electron chi connectivity index (χ3n) is 3.89. The Morgan fingerprint density at radius 3 is 3.04 bits per heavy atom. The summed E-state index contributed by atoms with van der Waals surface area (Å²) in [5.74, 6) is -1.18. The van der Waals surface area contributed by atoms with Crippen LogP contribution in [0.4, 0.5) is 14.9 Å². The molecule has 3 rings (SSSR count). The molecule has 1 aliphatic rings. The first-order chi connectivity index (χ1) is 13.0. The second kappa shape index (κ2) is 7.85. The van der Waals surface area contributed by atoms with Crippen molar-refractivity contribution in [1.82, 2.24) is 15.1 Å². The lowest BCUT2D eigenvalue weighted by molar-refractivity contribution is -0.109. The first kappa shape index (κ1) is 18.4. The monoisotopic (exact) mass is 376 g/mol. The molecule has 1 aromatic carbocycles. The summed E-state index contributed by atoms with van der Waals surface area (Å²) >= 11 is 0. The van der Waals surface area contributed by atoms with Crippen molar-refractivity contribution in [3.05, 3.63) is 42.0 Å². The van der Waals surface area contributed by atoms with Crippen LogP contribution in [-0.4, -0.2) is 54.1 Å². The van der Waals surface area contributed by atoms with E-state index in [0.29, 0.717) is 12.1 Å². The van der Waals surface area contributed by atoms with Crippen LogP contribution in [0.2, 0.25) is 0 Å². The van der Waals surface area contributed by atoms with Crippen LogP contribution in [0.1, 0.15) is 17.3 Å². The first-order valence-corrected chi connectivity index (χ1v) is 8.20. The van der Waals surface area contributed by atoms with Crippen molar-refractivity contribution in [3.8, 4) is 5.69 Å². The van der Waals surface area contributed by atoms with Gasteiger partial charge in [0, 0.05) is 6.20 Å². The highest BCUT2D eigenvalue weighted by atomic mass is 19.1. The lowest BCUT2D eigenvalue weighted by Crippen LogP contribution is -2.30. The zero-order valence-corrected chi connectivity index (χ0v) is 14.4. The predicted octanol–water partition coefficient (Wildman–Crippen LogP) is 1.26. The van der Waals surface area contributed by atoms with Crippen LogP contribution in [0.25, 0.3) is 5.69 Å². The van der Waals surface area contributed by atoms with E-state index < -0.39 is 24.0 Å². The molecule has 0 aliphatic carbocycles. The minimum absolute atomic E-state index is 0.112. The molecule has 10 heteroatoms. The molecule has 0 bridgehead atoms. The molecule has 1 atom stereocenters. The van der Waals surface area contributed by atoms with Crippen molar-refractivity contribution in [3.63, 3.8) is 0 Å². The lowest BCUT2D eigenvalue weighted by atomic mass is 10.2. The van der Waals surface area contributed by atoms with E-state index in [9.17, 15) is 18.8 Å². The number of rotatable bonds is 7. The average molecular weight is 376 g/mol. The summed E-state index contributed by atoms with van der Waals surface area (Å²) in [6.45, 7) is 2.27. The van der Waals surface area contributed by atoms with Crippen LogP contribution in [0.5, 0.6) is 0 Å². The number of nitrogens with one attached hydrogen (secondary N) is 1. The molecule has 0 saturated carbocycles. The maximum absolute atomic E-state index is 14.6. The Hall–Kier alpha value is -3.43. The zero-order chi connectivity index (χ0) is 19.4. The van der Waals surface area contributed by atoms with Crippen LogP contribution in [-0.2, 0) is 14.3 Å². The van der Waals surface area contributed by atoms with Gasteiger partial charge in [0.15, 0.2) is 5.82 Å². The Morgan fingerprint density at radius 1 is 1.52 bits per heavy atom. The quantitative estimate of drug-likeness (QED) is 0.576. The van der Waals surface area contributed by atoms with Gasteiger partial charge in [0.25, 0.3) is 0 Å². The Bertz CT molecular complexity index is 869. The number of carbonyl (C=O) groups is 3. The maximum Gasteiger partial charge on any atom is 0.414 e. The predicted molar refractivity (Wildman–Crippen MR) is 91.2 cm³/mol. The molecule has 1 saturated heterocycles. The molecule has 2 heterocycles. The Kier molecular flexibility index (Phi) is 5.34. The summed E-state index contributed by atoms with van der Waals surface area (Å²) in [4.78, 5) is 35.3. The minimum atomic E-state index is -0.631. The largest absolute Gasteiger partial charge is 0.462 e. The molecule has 9 nitrogen and oxygen atoms in total. The number of carbonyl (C=O) groups excluding carboxylic acids is 3. The normalized spacial score (nSPS) is 16.1. The van der Waals surface area contributed by atoms with Crippen molar-refractivity contribution in [2.75, 3.05) is 24.6 Å². The van der Waals surface area contributed by atoms with Crippen LogP contribution in [0, 0.1) is 5.82 Å². The summed E-state index contributed by atoms with van der Waals surface area (Å²) in [6.07, 6.45) is 2.03. The van der Waals surface area contributed by atoms with E-state index in [0.717, 1.165) is 0 Å². The van der Waals surface area contributed by atoms with Crippen molar-refractivity contribution >= 4 is 24.2 Å². The summed E-state index contributed by atoms with van der Waals surface area (Å²) < 4.78 is 25.8.